The lowest BCUT2D eigenvalue weighted by molar-refractivity contribution is 0.922. The Balaban J connectivity index is 1.54. The molecule has 0 spiro atoms. The molecule has 1 aromatic heterocycles. The molecule has 19 heavy (non-hydrogen) atoms. The molecule has 0 radical (unpaired) electrons. The number of aromatic nitrogens is 1. The number of amidine groups is 1. The lowest BCUT2D eigenvalue weighted by Gasteiger charge is -2.08. The molecule has 0 saturated heterocycles. The van der Waals surface area contributed by atoms with Gasteiger partial charge in [0.15, 0.2) is 5.17 Å². The maximum Gasteiger partial charge on any atom is 0.157 e. The number of thiazole rings is 1. The zero-order chi connectivity index (χ0) is 13.1. The molecular formula is C14H15N3S2. The summed E-state index contributed by atoms with van der Waals surface area (Å²) in [4.78, 5) is 10.1. The van der Waals surface area contributed by atoms with Crippen LogP contribution in [0.3, 0.4) is 0 Å². The van der Waals surface area contributed by atoms with Gasteiger partial charge in [-0.1, -0.05) is 42.1 Å². The molecule has 0 fully saturated rings. The summed E-state index contributed by atoms with van der Waals surface area (Å²) < 4.78 is 0. The third kappa shape index (κ3) is 3.16. The van der Waals surface area contributed by atoms with Gasteiger partial charge in [-0.3, -0.25) is 4.99 Å². The van der Waals surface area contributed by atoms with Crippen LogP contribution in [0.5, 0.6) is 0 Å². The summed E-state index contributed by atoms with van der Waals surface area (Å²) in [6, 6.07) is 10.6. The smallest absolute Gasteiger partial charge is 0.157 e. The van der Waals surface area contributed by atoms with E-state index >= 15 is 0 Å². The van der Waals surface area contributed by atoms with Crippen molar-refractivity contribution < 1.29 is 0 Å². The molecule has 3 nitrogen and oxygen atoms in total. The molecule has 2 heterocycles. The van der Waals surface area contributed by atoms with Crippen molar-refractivity contribution in [3.8, 4) is 0 Å². The largest absolute Gasteiger partial charge is 0.360 e. The fraction of sp³-hybridized carbons (Fsp3) is 0.286. The highest BCUT2D eigenvalue weighted by Gasteiger charge is 2.20. The Hall–Kier alpha value is -1.33. The number of aliphatic imine (C=N–C) groups is 1. The van der Waals surface area contributed by atoms with Crippen molar-refractivity contribution in [2.75, 3.05) is 6.54 Å². The van der Waals surface area contributed by atoms with Gasteiger partial charge in [0.2, 0.25) is 0 Å². The van der Waals surface area contributed by atoms with E-state index < -0.39 is 0 Å². The summed E-state index contributed by atoms with van der Waals surface area (Å²) in [6.45, 7) is 3.71. The van der Waals surface area contributed by atoms with Crippen molar-refractivity contribution in [2.45, 2.75) is 18.7 Å². The normalized spacial score (nSPS) is 18.4. The molecule has 5 heteroatoms. The second-order valence-electron chi connectivity index (χ2n) is 4.36. The topological polar surface area (TPSA) is 37.3 Å². The first-order chi connectivity index (χ1) is 9.31. The van der Waals surface area contributed by atoms with E-state index in [1.165, 1.54) is 10.4 Å². The van der Waals surface area contributed by atoms with Crippen LogP contribution in [-0.4, -0.2) is 16.7 Å². The quantitative estimate of drug-likeness (QED) is 0.941. The molecule has 2 aromatic rings. The average molecular weight is 289 g/mol. The predicted molar refractivity (Wildman–Crippen MR) is 82.8 cm³/mol. The van der Waals surface area contributed by atoms with Crippen LogP contribution in [0, 0.1) is 6.92 Å². The maximum absolute atomic E-state index is 4.57. The minimum Gasteiger partial charge on any atom is -0.360 e. The lowest BCUT2D eigenvalue weighted by atomic mass is 10.1. The van der Waals surface area contributed by atoms with Crippen LogP contribution in [0.1, 0.15) is 20.7 Å². The number of nitrogens with one attached hydrogen (secondary N) is 1. The van der Waals surface area contributed by atoms with Crippen LogP contribution in [0.25, 0.3) is 0 Å². The summed E-state index contributed by atoms with van der Waals surface area (Å²) in [5.74, 6) is 0. The Morgan fingerprint density at radius 2 is 2.16 bits per heavy atom. The third-order valence-electron chi connectivity index (χ3n) is 2.91. The van der Waals surface area contributed by atoms with Crippen molar-refractivity contribution in [1.82, 2.24) is 10.3 Å². The van der Waals surface area contributed by atoms with E-state index in [2.05, 4.69) is 45.6 Å². The third-order valence-corrected chi connectivity index (χ3v) is 5.02. The lowest BCUT2D eigenvalue weighted by Crippen LogP contribution is -2.17. The summed E-state index contributed by atoms with van der Waals surface area (Å²) in [5, 5.41) is 6.00. The van der Waals surface area contributed by atoms with Crippen LogP contribution in [0.2, 0.25) is 0 Å². The molecule has 0 bridgehead atoms. The number of hydrogen-bond acceptors (Lipinski definition) is 5. The number of hydrogen-bond donors (Lipinski definition) is 1. The van der Waals surface area contributed by atoms with Gasteiger partial charge in [0.25, 0.3) is 0 Å². The van der Waals surface area contributed by atoms with E-state index in [0.29, 0.717) is 5.25 Å². The minimum absolute atomic E-state index is 0.451. The van der Waals surface area contributed by atoms with E-state index in [0.717, 1.165) is 23.3 Å². The molecular weight excluding hydrogens is 274 g/mol. The second-order valence-corrected chi connectivity index (χ2v) is 6.87. The predicted octanol–water partition coefficient (Wildman–Crippen LogP) is 3.39. The molecule has 3 rings (SSSR count). The highest BCUT2D eigenvalue weighted by atomic mass is 32.2. The molecule has 0 amide bonds. The highest BCUT2D eigenvalue weighted by Crippen LogP contribution is 2.34. The van der Waals surface area contributed by atoms with E-state index in [1.807, 2.05) is 24.9 Å². The average Bonchev–Trinajstić information content (AvgIpc) is 3.06. The van der Waals surface area contributed by atoms with Gasteiger partial charge in [0.1, 0.15) is 0 Å². The van der Waals surface area contributed by atoms with Crippen molar-refractivity contribution in [3.63, 3.8) is 0 Å². The first-order valence-corrected chi connectivity index (χ1v) is 7.92. The van der Waals surface area contributed by atoms with E-state index in [-0.39, 0.29) is 0 Å². The highest BCUT2D eigenvalue weighted by molar-refractivity contribution is 8.14. The molecule has 1 N–H and O–H groups in total. The van der Waals surface area contributed by atoms with E-state index in [4.69, 9.17) is 0 Å². The molecule has 1 aliphatic rings. The first kappa shape index (κ1) is 12.7. The molecule has 1 aliphatic heterocycles. The van der Waals surface area contributed by atoms with Crippen molar-refractivity contribution >= 4 is 28.3 Å². The SMILES string of the molecule is Cc1ncc(CNC2=NCC(c3ccccc3)S2)s1. The van der Waals surface area contributed by atoms with Gasteiger partial charge < -0.3 is 5.32 Å². The van der Waals surface area contributed by atoms with Gasteiger partial charge in [0, 0.05) is 11.1 Å². The monoisotopic (exact) mass is 289 g/mol. The Bertz CT molecular complexity index is 577. The summed E-state index contributed by atoms with van der Waals surface area (Å²) >= 11 is 3.54. The van der Waals surface area contributed by atoms with Crippen molar-refractivity contribution in [1.29, 1.82) is 0 Å². The van der Waals surface area contributed by atoms with Gasteiger partial charge in [-0.05, 0) is 12.5 Å². The number of aryl methyl sites for hydroxylation is 1. The molecule has 0 saturated carbocycles. The number of nitrogens with zero attached hydrogens (tertiary/aromatic N) is 2. The Morgan fingerprint density at radius 3 is 2.89 bits per heavy atom. The zero-order valence-electron chi connectivity index (χ0n) is 10.7. The van der Waals surface area contributed by atoms with Crippen molar-refractivity contribution in [3.05, 3.63) is 52.0 Å². The number of thioether (sulfide) groups is 1. The van der Waals surface area contributed by atoms with E-state index in [1.54, 1.807) is 11.3 Å². The minimum atomic E-state index is 0.451. The van der Waals surface area contributed by atoms with Crippen LogP contribution in [0.15, 0.2) is 41.5 Å². The zero-order valence-corrected chi connectivity index (χ0v) is 12.3. The fourth-order valence-electron chi connectivity index (χ4n) is 1.96. The van der Waals surface area contributed by atoms with Gasteiger partial charge >= 0.3 is 0 Å². The van der Waals surface area contributed by atoms with Gasteiger partial charge in [-0.25, -0.2) is 4.98 Å². The standard InChI is InChI=1S/C14H15N3S2/c1-10-15-7-12(18-10)8-16-14-17-9-13(19-14)11-5-3-2-4-6-11/h2-7,13H,8-9H2,1H3,(H,16,17). The summed E-state index contributed by atoms with van der Waals surface area (Å²) in [5.41, 5.74) is 1.35. The summed E-state index contributed by atoms with van der Waals surface area (Å²) in [7, 11) is 0. The van der Waals surface area contributed by atoms with Gasteiger partial charge in [-0.15, -0.1) is 11.3 Å². The van der Waals surface area contributed by atoms with Gasteiger partial charge in [-0.2, -0.15) is 0 Å². The Morgan fingerprint density at radius 1 is 1.32 bits per heavy atom. The van der Waals surface area contributed by atoms with Crippen molar-refractivity contribution in [2.24, 2.45) is 4.99 Å². The van der Waals surface area contributed by atoms with Crippen LogP contribution >= 0.6 is 23.1 Å². The Labute approximate surface area is 121 Å². The van der Waals surface area contributed by atoms with E-state index in [9.17, 15) is 0 Å². The van der Waals surface area contributed by atoms with Gasteiger partial charge in [0.05, 0.1) is 23.3 Å². The molecule has 0 aliphatic carbocycles. The van der Waals surface area contributed by atoms with Crippen LogP contribution in [-0.2, 0) is 6.54 Å². The number of rotatable bonds is 3. The molecule has 1 atom stereocenters. The van der Waals surface area contributed by atoms with Crippen LogP contribution < -0.4 is 5.32 Å². The summed E-state index contributed by atoms with van der Waals surface area (Å²) in [6.07, 6.45) is 1.93. The molecule has 1 aromatic carbocycles. The maximum atomic E-state index is 4.57. The molecule has 1 unspecified atom stereocenters. The first-order valence-electron chi connectivity index (χ1n) is 6.22. The second kappa shape index (κ2) is 5.75. The Kier molecular flexibility index (Phi) is 3.84. The molecule has 98 valence electrons. The fourth-order valence-corrected chi connectivity index (χ4v) is 3.71. The number of benzene rings is 1. The van der Waals surface area contributed by atoms with Crippen LogP contribution in [0.4, 0.5) is 0 Å².